The van der Waals surface area contributed by atoms with Crippen molar-refractivity contribution < 1.29 is 8.78 Å². The Hall–Kier alpha value is -1.00. The zero-order valence-corrected chi connectivity index (χ0v) is 11.0. The lowest BCUT2D eigenvalue weighted by atomic mass is 10.1. The standard InChI is InChI=1S/C15H20F2N2/c16-14-4-1-11(7-15(14)17)8-18-9-12-5-6-19(10-12)13-2-3-13/h1,4,7,12-13,18H,2-3,5-6,8-10H2. The van der Waals surface area contributed by atoms with Crippen LogP contribution in [0, 0.1) is 17.6 Å². The molecule has 2 fully saturated rings. The fraction of sp³-hybridized carbons (Fsp3) is 0.600. The fourth-order valence-corrected chi connectivity index (χ4v) is 2.87. The summed E-state index contributed by atoms with van der Waals surface area (Å²) < 4.78 is 25.8. The molecule has 0 radical (unpaired) electrons. The Labute approximate surface area is 112 Å². The summed E-state index contributed by atoms with van der Waals surface area (Å²) in [7, 11) is 0. The minimum Gasteiger partial charge on any atom is -0.312 e. The van der Waals surface area contributed by atoms with Gasteiger partial charge in [-0.15, -0.1) is 0 Å². The Morgan fingerprint density at radius 1 is 1.16 bits per heavy atom. The third-order valence-electron chi connectivity index (χ3n) is 4.13. The predicted molar refractivity (Wildman–Crippen MR) is 70.8 cm³/mol. The lowest BCUT2D eigenvalue weighted by Gasteiger charge is -2.15. The number of rotatable bonds is 5. The minimum absolute atomic E-state index is 0.608. The van der Waals surface area contributed by atoms with E-state index < -0.39 is 11.6 Å². The molecule has 0 bridgehead atoms. The first-order valence-electron chi connectivity index (χ1n) is 7.11. The molecule has 3 rings (SSSR count). The number of hydrogen-bond donors (Lipinski definition) is 1. The van der Waals surface area contributed by atoms with Gasteiger partial charge in [0.05, 0.1) is 0 Å². The maximum absolute atomic E-state index is 13.0. The van der Waals surface area contributed by atoms with Crippen molar-refractivity contribution in [2.45, 2.75) is 31.8 Å². The maximum Gasteiger partial charge on any atom is 0.159 e. The molecule has 104 valence electrons. The predicted octanol–water partition coefficient (Wildman–Crippen LogP) is 2.54. The molecule has 1 heterocycles. The summed E-state index contributed by atoms with van der Waals surface area (Å²) in [5.41, 5.74) is 0.802. The zero-order valence-electron chi connectivity index (χ0n) is 11.0. The van der Waals surface area contributed by atoms with Crippen LogP contribution in [0.1, 0.15) is 24.8 Å². The SMILES string of the molecule is Fc1ccc(CNCC2CCN(C3CC3)C2)cc1F. The summed E-state index contributed by atoms with van der Waals surface area (Å²) in [4.78, 5) is 2.59. The van der Waals surface area contributed by atoms with E-state index in [0.717, 1.165) is 18.2 Å². The van der Waals surface area contributed by atoms with Crippen LogP contribution >= 0.6 is 0 Å². The highest BCUT2D eigenvalue weighted by Gasteiger charge is 2.33. The van der Waals surface area contributed by atoms with E-state index in [4.69, 9.17) is 0 Å². The number of nitrogens with one attached hydrogen (secondary N) is 1. The van der Waals surface area contributed by atoms with Gasteiger partial charge in [-0.25, -0.2) is 8.78 Å². The van der Waals surface area contributed by atoms with E-state index >= 15 is 0 Å². The van der Waals surface area contributed by atoms with E-state index in [1.54, 1.807) is 6.07 Å². The molecule has 2 nitrogen and oxygen atoms in total. The Kier molecular flexibility index (Phi) is 3.80. The topological polar surface area (TPSA) is 15.3 Å². The monoisotopic (exact) mass is 266 g/mol. The van der Waals surface area contributed by atoms with Gasteiger partial charge in [0.15, 0.2) is 11.6 Å². The van der Waals surface area contributed by atoms with Gasteiger partial charge in [-0.1, -0.05) is 6.07 Å². The van der Waals surface area contributed by atoms with Gasteiger partial charge in [0.25, 0.3) is 0 Å². The number of halogens is 2. The second-order valence-corrected chi connectivity index (χ2v) is 5.76. The van der Waals surface area contributed by atoms with E-state index in [-0.39, 0.29) is 0 Å². The molecule has 4 heteroatoms. The molecule has 2 aliphatic rings. The maximum atomic E-state index is 13.0. The second-order valence-electron chi connectivity index (χ2n) is 5.76. The molecule has 1 aliphatic carbocycles. The molecule has 0 amide bonds. The number of likely N-dealkylation sites (tertiary alicyclic amines) is 1. The van der Waals surface area contributed by atoms with Crippen LogP contribution in [0.25, 0.3) is 0 Å². The zero-order chi connectivity index (χ0) is 13.2. The van der Waals surface area contributed by atoms with E-state index in [0.29, 0.717) is 12.5 Å². The first-order valence-corrected chi connectivity index (χ1v) is 7.11. The summed E-state index contributed by atoms with van der Waals surface area (Å²) in [5.74, 6) is -0.842. The quantitative estimate of drug-likeness (QED) is 0.881. The Morgan fingerprint density at radius 2 is 2.00 bits per heavy atom. The molecular formula is C15H20F2N2. The highest BCUT2D eigenvalue weighted by atomic mass is 19.2. The minimum atomic E-state index is -0.778. The molecule has 19 heavy (non-hydrogen) atoms. The van der Waals surface area contributed by atoms with Gasteiger partial charge in [0, 0.05) is 19.1 Å². The lowest BCUT2D eigenvalue weighted by Crippen LogP contribution is -2.27. The third-order valence-corrected chi connectivity index (χ3v) is 4.13. The van der Waals surface area contributed by atoms with Crippen LogP contribution < -0.4 is 5.32 Å². The molecule has 0 aromatic heterocycles. The molecule has 1 saturated heterocycles. The van der Waals surface area contributed by atoms with Crippen LogP contribution in [-0.4, -0.2) is 30.6 Å². The largest absolute Gasteiger partial charge is 0.312 e. The molecule has 1 N–H and O–H groups in total. The highest BCUT2D eigenvalue weighted by molar-refractivity contribution is 5.17. The average molecular weight is 266 g/mol. The molecule has 1 atom stereocenters. The summed E-state index contributed by atoms with van der Waals surface area (Å²) in [6, 6.07) is 4.96. The summed E-state index contributed by atoms with van der Waals surface area (Å²) >= 11 is 0. The third kappa shape index (κ3) is 3.31. The van der Waals surface area contributed by atoms with Crippen molar-refractivity contribution in [2.24, 2.45) is 5.92 Å². The highest BCUT2D eigenvalue weighted by Crippen LogP contribution is 2.31. The van der Waals surface area contributed by atoms with Crippen LogP contribution in [0.3, 0.4) is 0 Å². The van der Waals surface area contributed by atoms with Crippen LogP contribution in [0.5, 0.6) is 0 Å². The second kappa shape index (κ2) is 5.55. The van der Waals surface area contributed by atoms with Crippen molar-refractivity contribution >= 4 is 0 Å². The summed E-state index contributed by atoms with van der Waals surface area (Å²) in [5, 5.41) is 3.35. The first-order chi connectivity index (χ1) is 9.22. The number of nitrogens with zero attached hydrogens (tertiary/aromatic N) is 1. The molecule has 0 spiro atoms. The number of benzene rings is 1. The van der Waals surface area contributed by atoms with Gasteiger partial charge in [-0.05, 0) is 56.0 Å². The lowest BCUT2D eigenvalue weighted by molar-refractivity contribution is 0.312. The van der Waals surface area contributed by atoms with Crippen molar-refractivity contribution in [2.75, 3.05) is 19.6 Å². The van der Waals surface area contributed by atoms with Crippen molar-refractivity contribution in [3.63, 3.8) is 0 Å². The average Bonchev–Trinajstić information content (AvgIpc) is 3.14. The van der Waals surface area contributed by atoms with Crippen LogP contribution in [0.4, 0.5) is 8.78 Å². The van der Waals surface area contributed by atoms with Crippen LogP contribution in [0.2, 0.25) is 0 Å². The smallest absolute Gasteiger partial charge is 0.159 e. The van der Waals surface area contributed by atoms with Crippen LogP contribution in [-0.2, 0) is 6.54 Å². The van der Waals surface area contributed by atoms with Gasteiger partial charge < -0.3 is 10.2 Å². The normalized spacial score (nSPS) is 24.0. The van der Waals surface area contributed by atoms with Gasteiger partial charge in [0.1, 0.15) is 0 Å². The molecule has 1 aromatic carbocycles. The summed E-state index contributed by atoms with van der Waals surface area (Å²) in [6.07, 6.45) is 3.99. The molecule has 1 aromatic rings. The number of hydrogen-bond acceptors (Lipinski definition) is 2. The fourth-order valence-electron chi connectivity index (χ4n) is 2.87. The van der Waals surface area contributed by atoms with Crippen molar-refractivity contribution in [1.29, 1.82) is 0 Å². The van der Waals surface area contributed by atoms with Gasteiger partial charge >= 0.3 is 0 Å². The molecule has 1 aliphatic heterocycles. The van der Waals surface area contributed by atoms with E-state index in [2.05, 4.69) is 10.2 Å². The van der Waals surface area contributed by atoms with E-state index in [1.807, 2.05) is 0 Å². The van der Waals surface area contributed by atoms with Gasteiger partial charge in [0.2, 0.25) is 0 Å². The van der Waals surface area contributed by atoms with Crippen LogP contribution in [0.15, 0.2) is 18.2 Å². The van der Waals surface area contributed by atoms with Crippen molar-refractivity contribution in [3.8, 4) is 0 Å². The Morgan fingerprint density at radius 3 is 2.74 bits per heavy atom. The summed E-state index contributed by atoms with van der Waals surface area (Å²) in [6.45, 7) is 3.98. The van der Waals surface area contributed by atoms with E-state index in [9.17, 15) is 8.78 Å². The van der Waals surface area contributed by atoms with Crippen molar-refractivity contribution in [1.82, 2.24) is 10.2 Å². The van der Waals surface area contributed by atoms with E-state index in [1.165, 1.54) is 44.5 Å². The Bertz CT molecular complexity index is 446. The molecular weight excluding hydrogens is 246 g/mol. The van der Waals surface area contributed by atoms with Gasteiger partial charge in [-0.3, -0.25) is 0 Å². The first kappa shape index (κ1) is 13.0. The molecule has 1 saturated carbocycles. The van der Waals surface area contributed by atoms with Gasteiger partial charge in [-0.2, -0.15) is 0 Å². The Balaban J connectivity index is 1.41. The molecule has 1 unspecified atom stereocenters. The van der Waals surface area contributed by atoms with Crippen molar-refractivity contribution in [3.05, 3.63) is 35.4 Å².